The first kappa shape index (κ1) is 14.6. The van der Waals surface area contributed by atoms with Crippen molar-refractivity contribution in [1.82, 2.24) is 0 Å². The predicted octanol–water partition coefficient (Wildman–Crippen LogP) is 3.40. The van der Waals surface area contributed by atoms with Crippen molar-refractivity contribution >= 4 is 5.97 Å². The van der Waals surface area contributed by atoms with Gasteiger partial charge in [-0.2, -0.15) is 0 Å². The summed E-state index contributed by atoms with van der Waals surface area (Å²) in [4.78, 5) is 10.9. The van der Waals surface area contributed by atoms with Gasteiger partial charge in [-0.05, 0) is 30.4 Å². The lowest BCUT2D eigenvalue weighted by molar-refractivity contribution is -0.136. The zero-order chi connectivity index (χ0) is 13.8. The predicted molar refractivity (Wildman–Crippen MR) is 72.3 cm³/mol. The number of carboxylic acids is 1. The van der Waals surface area contributed by atoms with Crippen LogP contribution in [0, 0.1) is 0 Å². The Morgan fingerprint density at radius 1 is 1.33 bits per heavy atom. The number of rotatable bonds is 6. The molecule has 0 saturated heterocycles. The molecule has 0 aromatic heterocycles. The van der Waals surface area contributed by atoms with Crippen molar-refractivity contribution < 1.29 is 14.6 Å². The zero-order valence-corrected chi connectivity index (χ0v) is 11.6. The van der Waals surface area contributed by atoms with E-state index in [0.29, 0.717) is 12.4 Å². The van der Waals surface area contributed by atoms with Gasteiger partial charge in [-0.15, -0.1) is 0 Å². The van der Waals surface area contributed by atoms with Gasteiger partial charge in [0, 0.05) is 5.56 Å². The van der Waals surface area contributed by atoms with Crippen LogP contribution in [0.1, 0.15) is 45.2 Å². The molecule has 0 saturated carbocycles. The van der Waals surface area contributed by atoms with E-state index in [9.17, 15) is 4.79 Å². The first-order valence-corrected chi connectivity index (χ1v) is 6.38. The highest BCUT2D eigenvalue weighted by molar-refractivity contribution is 5.71. The fraction of sp³-hybridized carbons (Fsp3) is 0.533. The quantitative estimate of drug-likeness (QED) is 0.841. The SMILES string of the molecule is CCOc1ccc(C(C)(C)CC)cc1CC(=O)O. The van der Waals surface area contributed by atoms with Gasteiger partial charge in [0.05, 0.1) is 13.0 Å². The molecular formula is C15H22O3. The molecule has 0 aliphatic rings. The smallest absolute Gasteiger partial charge is 0.307 e. The lowest BCUT2D eigenvalue weighted by Gasteiger charge is -2.24. The van der Waals surface area contributed by atoms with E-state index in [2.05, 4.69) is 20.8 Å². The summed E-state index contributed by atoms with van der Waals surface area (Å²) in [7, 11) is 0. The first-order valence-electron chi connectivity index (χ1n) is 6.38. The Labute approximate surface area is 109 Å². The maximum absolute atomic E-state index is 10.9. The molecule has 0 unspecified atom stereocenters. The highest BCUT2D eigenvalue weighted by atomic mass is 16.5. The molecule has 1 N–H and O–H groups in total. The highest BCUT2D eigenvalue weighted by Crippen LogP contribution is 2.31. The van der Waals surface area contributed by atoms with E-state index < -0.39 is 5.97 Å². The van der Waals surface area contributed by atoms with E-state index in [1.54, 1.807) is 0 Å². The minimum Gasteiger partial charge on any atom is -0.494 e. The van der Waals surface area contributed by atoms with E-state index in [4.69, 9.17) is 9.84 Å². The molecule has 0 amide bonds. The zero-order valence-electron chi connectivity index (χ0n) is 11.6. The fourth-order valence-electron chi connectivity index (χ4n) is 1.80. The number of benzene rings is 1. The van der Waals surface area contributed by atoms with Crippen LogP contribution in [0.4, 0.5) is 0 Å². The summed E-state index contributed by atoms with van der Waals surface area (Å²) in [6.07, 6.45) is 1.01. The Morgan fingerprint density at radius 2 is 2.00 bits per heavy atom. The molecule has 0 fully saturated rings. The standard InChI is InChI=1S/C15H22O3/c1-5-15(3,4)12-7-8-13(18-6-2)11(9-12)10-14(16)17/h7-9H,5-6,10H2,1-4H3,(H,16,17). The number of hydrogen-bond acceptors (Lipinski definition) is 2. The Kier molecular flexibility index (Phi) is 4.76. The summed E-state index contributed by atoms with van der Waals surface area (Å²) in [5, 5.41) is 8.95. The lowest BCUT2D eigenvalue weighted by atomic mass is 9.81. The number of carbonyl (C=O) groups is 1. The second-order valence-electron chi connectivity index (χ2n) is 5.06. The molecule has 1 aromatic carbocycles. The molecule has 0 radical (unpaired) electrons. The summed E-state index contributed by atoms with van der Waals surface area (Å²) in [6, 6.07) is 5.87. The number of carboxylic acid groups (broad SMARTS) is 1. The van der Waals surface area contributed by atoms with Gasteiger partial charge in [0.1, 0.15) is 5.75 Å². The highest BCUT2D eigenvalue weighted by Gasteiger charge is 2.20. The monoisotopic (exact) mass is 250 g/mol. The van der Waals surface area contributed by atoms with Gasteiger partial charge in [0.2, 0.25) is 0 Å². The van der Waals surface area contributed by atoms with Crippen LogP contribution in [-0.4, -0.2) is 17.7 Å². The first-order chi connectivity index (χ1) is 8.40. The van der Waals surface area contributed by atoms with E-state index in [0.717, 1.165) is 17.5 Å². The van der Waals surface area contributed by atoms with Gasteiger partial charge in [-0.3, -0.25) is 4.79 Å². The molecular weight excluding hydrogens is 228 g/mol. The third kappa shape index (κ3) is 3.49. The second kappa shape index (κ2) is 5.89. The third-order valence-corrected chi connectivity index (χ3v) is 3.37. The molecule has 3 nitrogen and oxygen atoms in total. The molecule has 1 aromatic rings. The van der Waals surface area contributed by atoms with Crippen LogP contribution in [0.25, 0.3) is 0 Å². The van der Waals surface area contributed by atoms with Crippen LogP contribution in [-0.2, 0) is 16.6 Å². The summed E-state index contributed by atoms with van der Waals surface area (Å²) < 4.78 is 5.48. The second-order valence-corrected chi connectivity index (χ2v) is 5.06. The fourth-order valence-corrected chi connectivity index (χ4v) is 1.80. The lowest BCUT2D eigenvalue weighted by Crippen LogP contribution is -2.16. The summed E-state index contributed by atoms with van der Waals surface area (Å²) in [6.45, 7) is 8.89. The molecule has 0 spiro atoms. The molecule has 0 bridgehead atoms. The van der Waals surface area contributed by atoms with Crippen LogP contribution in [0.15, 0.2) is 18.2 Å². The molecule has 18 heavy (non-hydrogen) atoms. The van der Waals surface area contributed by atoms with Crippen molar-refractivity contribution in [3.8, 4) is 5.75 Å². The van der Waals surface area contributed by atoms with E-state index in [1.165, 1.54) is 0 Å². The summed E-state index contributed by atoms with van der Waals surface area (Å²) >= 11 is 0. The molecule has 0 aliphatic carbocycles. The normalized spacial score (nSPS) is 11.3. The van der Waals surface area contributed by atoms with Gasteiger partial charge in [-0.1, -0.05) is 32.9 Å². The van der Waals surface area contributed by atoms with Crippen molar-refractivity contribution in [2.75, 3.05) is 6.61 Å². The molecule has 100 valence electrons. The number of hydrogen-bond donors (Lipinski definition) is 1. The number of aliphatic carboxylic acids is 1. The number of ether oxygens (including phenoxy) is 1. The van der Waals surface area contributed by atoms with Gasteiger partial charge in [0.25, 0.3) is 0 Å². The van der Waals surface area contributed by atoms with Crippen LogP contribution in [0.2, 0.25) is 0 Å². The maximum atomic E-state index is 10.9. The largest absolute Gasteiger partial charge is 0.494 e. The van der Waals surface area contributed by atoms with Gasteiger partial charge in [0.15, 0.2) is 0 Å². The van der Waals surface area contributed by atoms with E-state index in [1.807, 2.05) is 25.1 Å². The van der Waals surface area contributed by atoms with Crippen molar-refractivity contribution in [1.29, 1.82) is 0 Å². The average Bonchev–Trinajstić information content (AvgIpc) is 2.31. The topological polar surface area (TPSA) is 46.5 Å². The molecule has 0 aliphatic heterocycles. The molecule has 0 heterocycles. The van der Waals surface area contributed by atoms with Crippen molar-refractivity contribution in [2.45, 2.75) is 46.0 Å². The summed E-state index contributed by atoms with van der Waals surface area (Å²) in [5.74, 6) is -0.155. The molecule has 0 atom stereocenters. The van der Waals surface area contributed by atoms with Crippen molar-refractivity contribution in [3.05, 3.63) is 29.3 Å². The van der Waals surface area contributed by atoms with Crippen LogP contribution in [0.3, 0.4) is 0 Å². The summed E-state index contributed by atoms with van der Waals surface area (Å²) in [5.41, 5.74) is 1.96. The van der Waals surface area contributed by atoms with E-state index in [-0.39, 0.29) is 11.8 Å². The van der Waals surface area contributed by atoms with Crippen molar-refractivity contribution in [3.63, 3.8) is 0 Å². The van der Waals surface area contributed by atoms with Crippen molar-refractivity contribution in [2.24, 2.45) is 0 Å². The Balaban J connectivity index is 3.16. The third-order valence-electron chi connectivity index (χ3n) is 3.37. The van der Waals surface area contributed by atoms with E-state index >= 15 is 0 Å². The van der Waals surface area contributed by atoms with Crippen LogP contribution in [0.5, 0.6) is 5.75 Å². The van der Waals surface area contributed by atoms with Gasteiger partial charge in [-0.25, -0.2) is 0 Å². The molecule has 1 rings (SSSR count). The van der Waals surface area contributed by atoms with Crippen LogP contribution >= 0.6 is 0 Å². The Morgan fingerprint density at radius 3 is 2.50 bits per heavy atom. The Hall–Kier alpha value is -1.51. The minimum absolute atomic E-state index is 0.00294. The molecule has 3 heteroatoms. The maximum Gasteiger partial charge on any atom is 0.307 e. The average molecular weight is 250 g/mol. The van der Waals surface area contributed by atoms with Gasteiger partial charge >= 0.3 is 5.97 Å². The minimum atomic E-state index is -0.831. The van der Waals surface area contributed by atoms with Gasteiger partial charge < -0.3 is 9.84 Å². The van der Waals surface area contributed by atoms with Crippen LogP contribution < -0.4 is 4.74 Å². The Bertz CT molecular complexity index is 422.